The van der Waals surface area contributed by atoms with Crippen LogP contribution in [0, 0.1) is 28.5 Å². The Labute approximate surface area is 184 Å². The molecule has 3 aromatic rings. The molecule has 0 unspecified atom stereocenters. The molecule has 0 saturated heterocycles. The molecule has 9 heteroatoms. The second-order valence-corrected chi connectivity index (χ2v) is 7.86. The van der Waals surface area contributed by atoms with Crippen LogP contribution in [0.5, 0.6) is 5.75 Å². The summed E-state index contributed by atoms with van der Waals surface area (Å²) in [6.07, 6.45) is 0. The summed E-state index contributed by atoms with van der Waals surface area (Å²) in [6, 6.07) is 20.4. The van der Waals surface area contributed by atoms with Crippen molar-refractivity contribution in [3.63, 3.8) is 0 Å². The van der Waals surface area contributed by atoms with Gasteiger partial charge in [-0.15, -0.1) is 10.2 Å². The summed E-state index contributed by atoms with van der Waals surface area (Å²) in [5.41, 5.74) is 5.73. The highest BCUT2D eigenvalue weighted by molar-refractivity contribution is 9.10. The summed E-state index contributed by atoms with van der Waals surface area (Å²) in [5, 5.41) is 9.69. The van der Waals surface area contributed by atoms with E-state index in [0.29, 0.717) is 5.56 Å². The van der Waals surface area contributed by atoms with Crippen LogP contribution < -0.4 is 27.9 Å². The minimum absolute atomic E-state index is 0.688. The van der Waals surface area contributed by atoms with Crippen molar-refractivity contribution in [1.82, 2.24) is 0 Å². The zero-order chi connectivity index (χ0) is 22.5. The molecule has 0 aliphatic heterocycles. The molecule has 0 aliphatic rings. The van der Waals surface area contributed by atoms with E-state index >= 15 is 0 Å². The van der Waals surface area contributed by atoms with E-state index in [2.05, 4.69) is 44.8 Å². The highest BCUT2D eigenvalue weighted by Crippen LogP contribution is 2.30. The molecule has 0 aliphatic carbocycles. The average molecular weight is 494 g/mol. The summed E-state index contributed by atoms with van der Waals surface area (Å²) in [4.78, 5) is 0. The van der Waals surface area contributed by atoms with Gasteiger partial charge in [0.05, 0.1) is 7.11 Å². The number of hydrogen-bond acceptors (Lipinski definition) is 6. The third-order valence-corrected chi connectivity index (χ3v) is 4.96. The van der Waals surface area contributed by atoms with Crippen molar-refractivity contribution in [2.45, 2.75) is 6.92 Å². The molecule has 30 heavy (non-hydrogen) atoms. The van der Waals surface area contributed by atoms with Gasteiger partial charge >= 0.3 is 0 Å². The van der Waals surface area contributed by atoms with Crippen LogP contribution in [0.3, 0.4) is 0 Å². The van der Waals surface area contributed by atoms with E-state index in [-0.39, 0.29) is 0 Å². The predicted octanol–water partition coefficient (Wildman–Crippen LogP) is 0.0403. The van der Waals surface area contributed by atoms with Gasteiger partial charge in [-0.1, -0.05) is 28.1 Å². The highest BCUT2D eigenvalue weighted by Gasteiger charge is 2.21. The van der Waals surface area contributed by atoms with Crippen LogP contribution >= 0.6 is 15.9 Å². The Hall–Kier alpha value is -2.51. The number of aromatic nitrogens is 1. The predicted molar refractivity (Wildman–Crippen MR) is 102 cm³/mol. The van der Waals surface area contributed by atoms with Crippen LogP contribution in [0.4, 0.5) is 0 Å². The molecule has 0 amide bonds. The number of nitriles is 1. The molecule has 0 N–H and O–H groups in total. The third-order valence-electron chi connectivity index (χ3n) is 4.43. The minimum Gasteiger partial charge on any atom is -0.497 e. The number of methoxy groups -OCH3 is 1. The van der Waals surface area contributed by atoms with Gasteiger partial charge in [-0.2, -0.15) is 9.83 Å². The highest BCUT2D eigenvalue weighted by atomic mass is 79.9. The lowest BCUT2D eigenvalue weighted by atomic mass is 9.96. The molecule has 0 bridgehead atoms. The van der Waals surface area contributed by atoms with Gasteiger partial charge in [0, 0.05) is 28.6 Å². The van der Waals surface area contributed by atoms with Crippen molar-refractivity contribution in [1.29, 1.82) is 5.26 Å². The fraction of sp³-hybridized carbons (Fsp3) is 0.143. The first-order chi connectivity index (χ1) is 14.0. The van der Waals surface area contributed by atoms with Gasteiger partial charge in [0.25, 0.3) is 0 Å². The Morgan fingerprint density at radius 3 is 1.93 bits per heavy atom. The number of nitrogens with zero attached hydrogens (tertiary/aromatic N) is 2. The van der Waals surface area contributed by atoms with E-state index in [0.717, 1.165) is 38.3 Å². The van der Waals surface area contributed by atoms with Crippen LogP contribution in [-0.2, 0) is 7.05 Å². The SMILES string of the molecule is COc1ccc(-c2cc(-c3ccc(Br)cc3)[n+](C)c(C)c2C#N)cc1.[O-][Cl+3]([O-])([O-])[O-]. The summed E-state index contributed by atoms with van der Waals surface area (Å²) in [6.45, 7) is 1.98. The largest absolute Gasteiger partial charge is 0.497 e. The first-order valence-corrected chi connectivity index (χ1v) is 10.5. The molecule has 156 valence electrons. The van der Waals surface area contributed by atoms with Crippen molar-refractivity contribution in [2.75, 3.05) is 7.11 Å². The molecule has 0 radical (unpaired) electrons. The second-order valence-electron chi connectivity index (χ2n) is 6.19. The lowest BCUT2D eigenvalue weighted by Crippen LogP contribution is -2.68. The van der Waals surface area contributed by atoms with Crippen molar-refractivity contribution in [3.8, 4) is 34.2 Å². The topological polar surface area (TPSA) is 129 Å². The zero-order valence-corrected chi connectivity index (χ0v) is 18.7. The van der Waals surface area contributed by atoms with Crippen LogP contribution in [0.1, 0.15) is 11.3 Å². The van der Waals surface area contributed by atoms with E-state index in [4.69, 9.17) is 23.4 Å². The quantitative estimate of drug-likeness (QED) is 0.474. The number of pyridine rings is 1. The van der Waals surface area contributed by atoms with Gasteiger partial charge in [-0.3, -0.25) is 0 Å². The maximum absolute atomic E-state index is 9.69. The molecule has 1 heterocycles. The smallest absolute Gasteiger partial charge is 0.213 e. The molecule has 0 atom stereocenters. The molecule has 0 spiro atoms. The summed E-state index contributed by atoms with van der Waals surface area (Å²) in [5.74, 6) is 0.800. The number of halogens is 2. The summed E-state index contributed by atoms with van der Waals surface area (Å²) in [7, 11) is -1.31. The Balaban J connectivity index is 0.000000575. The molecule has 3 rings (SSSR count). The van der Waals surface area contributed by atoms with Crippen LogP contribution in [0.2, 0.25) is 0 Å². The standard InChI is InChI=1S/C21H18BrN2O.ClHO4/c1-14-20(13-23)19(15-6-10-18(25-3)11-7-15)12-21(24(14)2)16-4-8-17(22)9-5-16;2-1(3,4)5/h4-12H,1-3H3;(H,2,3,4,5)/q+1;/p-1. The summed E-state index contributed by atoms with van der Waals surface area (Å²) < 4.78 is 42.3. The van der Waals surface area contributed by atoms with E-state index < -0.39 is 10.2 Å². The average Bonchev–Trinajstić information content (AvgIpc) is 2.69. The molecule has 0 saturated carbocycles. The van der Waals surface area contributed by atoms with Crippen molar-refractivity contribution >= 4 is 15.9 Å². The monoisotopic (exact) mass is 492 g/mol. The minimum atomic E-state index is -4.94. The maximum atomic E-state index is 9.69. The maximum Gasteiger partial charge on any atom is 0.213 e. The normalized spacial score (nSPS) is 10.6. The fourth-order valence-electron chi connectivity index (χ4n) is 2.89. The van der Waals surface area contributed by atoms with Gasteiger partial charge in [-0.05, 0) is 42.0 Å². The molecular formula is C21H18BrClN2O5. The van der Waals surface area contributed by atoms with Gasteiger partial charge in [0.2, 0.25) is 5.69 Å². The number of ether oxygens (including phenoxy) is 1. The number of hydrogen-bond donors (Lipinski definition) is 0. The zero-order valence-electron chi connectivity index (χ0n) is 16.4. The number of benzene rings is 2. The van der Waals surface area contributed by atoms with Gasteiger partial charge in [0.15, 0.2) is 5.69 Å². The molecular weight excluding hydrogens is 476 g/mol. The lowest BCUT2D eigenvalue weighted by molar-refractivity contribution is -2.00. The second kappa shape index (κ2) is 10.00. The van der Waals surface area contributed by atoms with Crippen molar-refractivity contribution < 1.29 is 38.2 Å². The Kier molecular flexibility index (Phi) is 7.92. The fourth-order valence-corrected chi connectivity index (χ4v) is 3.15. The Bertz CT molecular complexity index is 1050. The molecule has 0 fully saturated rings. The van der Waals surface area contributed by atoms with Gasteiger partial charge in [-0.25, -0.2) is 18.6 Å². The van der Waals surface area contributed by atoms with Crippen LogP contribution in [-0.4, -0.2) is 7.11 Å². The number of rotatable bonds is 3. The third kappa shape index (κ3) is 6.24. The first-order valence-electron chi connectivity index (χ1n) is 8.51. The Morgan fingerprint density at radius 2 is 1.47 bits per heavy atom. The van der Waals surface area contributed by atoms with E-state index in [1.807, 2.05) is 50.4 Å². The Morgan fingerprint density at radius 1 is 0.967 bits per heavy atom. The lowest BCUT2D eigenvalue weighted by Gasteiger charge is -2.17. The molecule has 2 aromatic carbocycles. The molecule has 7 nitrogen and oxygen atoms in total. The first kappa shape index (κ1) is 23.8. The van der Waals surface area contributed by atoms with Gasteiger partial charge in [0.1, 0.15) is 24.4 Å². The van der Waals surface area contributed by atoms with Crippen molar-refractivity contribution in [2.24, 2.45) is 7.05 Å². The van der Waals surface area contributed by atoms with E-state index in [9.17, 15) is 5.26 Å². The van der Waals surface area contributed by atoms with Gasteiger partial charge < -0.3 is 4.74 Å². The van der Waals surface area contributed by atoms with Crippen LogP contribution in [0.25, 0.3) is 22.4 Å². The van der Waals surface area contributed by atoms with Crippen molar-refractivity contribution in [3.05, 3.63) is 70.3 Å². The van der Waals surface area contributed by atoms with E-state index in [1.54, 1.807) is 7.11 Å². The summed E-state index contributed by atoms with van der Waals surface area (Å²) >= 11 is 3.48. The molecule has 1 aromatic heterocycles. The van der Waals surface area contributed by atoms with E-state index in [1.165, 1.54) is 0 Å². The van der Waals surface area contributed by atoms with Crippen LogP contribution in [0.15, 0.2) is 59.1 Å².